The third kappa shape index (κ3) is 2.96. The number of halogens is 4. The lowest BCUT2D eigenvalue weighted by atomic mass is 9.98. The fourth-order valence-electron chi connectivity index (χ4n) is 1.96. The lowest BCUT2D eigenvalue weighted by molar-refractivity contribution is -0.137. The van der Waals surface area contributed by atoms with Gasteiger partial charge in [-0.1, -0.05) is 17.7 Å². The van der Waals surface area contributed by atoms with Crippen LogP contribution in [0.2, 0.25) is 5.02 Å². The van der Waals surface area contributed by atoms with Crippen molar-refractivity contribution in [2.24, 2.45) is 0 Å². The van der Waals surface area contributed by atoms with Crippen LogP contribution in [0.3, 0.4) is 0 Å². The van der Waals surface area contributed by atoms with Crippen molar-refractivity contribution in [3.63, 3.8) is 0 Å². The fraction of sp³-hybridized carbons (Fsp3) is 0.500. The molecule has 1 aromatic rings. The van der Waals surface area contributed by atoms with Crippen LogP contribution in [0.25, 0.3) is 0 Å². The van der Waals surface area contributed by atoms with E-state index in [1.807, 2.05) is 0 Å². The number of aliphatic hydroxyl groups excluding tert-OH is 1. The minimum atomic E-state index is -4.41. The molecule has 1 fully saturated rings. The predicted molar refractivity (Wildman–Crippen MR) is 60.4 cm³/mol. The standard InChI is InChI=1S/C12H12ClF3O2/c13-10-5-7(12(14,15)16)1-2-9(10)11-6-8(17)3-4-18-11/h1-2,5,8,11,17H,3-4,6H2. The zero-order valence-electron chi connectivity index (χ0n) is 9.38. The van der Waals surface area contributed by atoms with Gasteiger partial charge in [-0.3, -0.25) is 0 Å². The first kappa shape index (κ1) is 13.6. The van der Waals surface area contributed by atoms with Crippen molar-refractivity contribution in [1.29, 1.82) is 0 Å². The van der Waals surface area contributed by atoms with E-state index in [0.29, 0.717) is 25.0 Å². The largest absolute Gasteiger partial charge is 0.416 e. The highest BCUT2D eigenvalue weighted by atomic mass is 35.5. The van der Waals surface area contributed by atoms with Crippen LogP contribution in [0, 0.1) is 0 Å². The molecule has 2 atom stereocenters. The van der Waals surface area contributed by atoms with Gasteiger partial charge in [0.1, 0.15) is 0 Å². The third-order valence-electron chi connectivity index (χ3n) is 2.93. The average molecular weight is 281 g/mol. The second kappa shape index (κ2) is 5.07. The first-order valence-electron chi connectivity index (χ1n) is 5.54. The Balaban J connectivity index is 2.24. The van der Waals surface area contributed by atoms with Gasteiger partial charge in [0.25, 0.3) is 0 Å². The fourth-order valence-corrected chi connectivity index (χ4v) is 2.26. The van der Waals surface area contributed by atoms with Gasteiger partial charge >= 0.3 is 6.18 Å². The molecule has 1 aliphatic rings. The zero-order valence-corrected chi connectivity index (χ0v) is 10.1. The normalized spacial score (nSPS) is 25.2. The van der Waals surface area contributed by atoms with E-state index in [9.17, 15) is 18.3 Å². The molecule has 1 N–H and O–H groups in total. The molecule has 2 nitrogen and oxygen atoms in total. The van der Waals surface area contributed by atoms with Crippen LogP contribution in [0.15, 0.2) is 18.2 Å². The minimum absolute atomic E-state index is 0.0175. The van der Waals surface area contributed by atoms with Crippen molar-refractivity contribution < 1.29 is 23.0 Å². The Bertz CT molecular complexity index is 434. The highest BCUT2D eigenvalue weighted by Crippen LogP contribution is 2.37. The van der Waals surface area contributed by atoms with Gasteiger partial charge in [0, 0.05) is 18.1 Å². The SMILES string of the molecule is OC1CCOC(c2ccc(C(F)(F)F)cc2Cl)C1. The van der Waals surface area contributed by atoms with Crippen molar-refractivity contribution in [3.8, 4) is 0 Å². The van der Waals surface area contributed by atoms with E-state index in [1.54, 1.807) is 0 Å². The van der Waals surface area contributed by atoms with E-state index in [4.69, 9.17) is 16.3 Å². The molecule has 1 saturated heterocycles. The van der Waals surface area contributed by atoms with E-state index in [2.05, 4.69) is 0 Å². The summed E-state index contributed by atoms with van der Waals surface area (Å²) in [5.74, 6) is 0. The number of aliphatic hydroxyl groups is 1. The van der Waals surface area contributed by atoms with Gasteiger partial charge < -0.3 is 9.84 Å². The number of alkyl halides is 3. The highest BCUT2D eigenvalue weighted by molar-refractivity contribution is 6.31. The Morgan fingerprint density at radius 1 is 1.33 bits per heavy atom. The molecule has 2 rings (SSSR count). The molecule has 0 amide bonds. The summed E-state index contributed by atoms with van der Waals surface area (Å²) in [5, 5.41) is 9.53. The molecule has 0 aliphatic carbocycles. The van der Waals surface area contributed by atoms with Crippen LogP contribution in [0.4, 0.5) is 13.2 Å². The molecule has 0 bridgehead atoms. The van der Waals surface area contributed by atoms with Gasteiger partial charge in [-0.15, -0.1) is 0 Å². The molecule has 18 heavy (non-hydrogen) atoms. The molecule has 1 heterocycles. The number of benzene rings is 1. The summed E-state index contributed by atoms with van der Waals surface area (Å²) >= 11 is 5.85. The van der Waals surface area contributed by atoms with E-state index in [0.717, 1.165) is 12.1 Å². The number of hydrogen-bond acceptors (Lipinski definition) is 2. The van der Waals surface area contributed by atoms with Crippen molar-refractivity contribution in [2.75, 3.05) is 6.61 Å². The average Bonchev–Trinajstić information content (AvgIpc) is 2.27. The summed E-state index contributed by atoms with van der Waals surface area (Å²) in [4.78, 5) is 0. The van der Waals surface area contributed by atoms with E-state index in [-0.39, 0.29) is 5.02 Å². The Morgan fingerprint density at radius 3 is 2.61 bits per heavy atom. The molecule has 0 saturated carbocycles. The lowest BCUT2D eigenvalue weighted by Crippen LogP contribution is -2.23. The molecule has 100 valence electrons. The van der Waals surface area contributed by atoms with Crippen LogP contribution in [-0.2, 0) is 10.9 Å². The summed E-state index contributed by atoms with van der Waals surface area (Å²) in [6, 6.07) is 3.18. The maximum atomic E-state index is 12.5. The van der Waals surface area contributed by atoms with Crippen molar-refractivity contribution in [1.82, 2.24) is 0 Å². The van der Waals surface area contributed by atoms with Gasteiger partial charge in [0.05, 0.1) is 17.8 Å². The van der Waals surface area contributed by atoms with Crippen LogP contribution < -0.4 is 0 Å². The molecular weight excluding hydrogens is 269 g/mol. The second-order valence-electron chi connectivity index (χ2n) is 4.27. The molecular formula is C12H12ClF3O2. The summed E-state index contributed by atoms with van der Waals surface area (Å²) in [6.45, 7) is 0.378. The quantitative estimate of drug-likeness (QED) is 0.852. The third-order valence-corrected chi connectivity index (χ3v) is 3.26. The Kier molecular flexibility index (Phi) is 3.84. The number of hydrogen-bond donors (Lipinski definition) is 1. The van der Waals surface area contributed by atoms with E-state index in [1.165, 1.54) is 6.07 Å². The summed E-state index contributed by atoms with van der Waals surface area (Å²) < 4.78 is 42.8. The van der Waals surface area contributed by atoms with Crippen LogP contribution in [0.1, 0.15) is 30.1 Å². The van der Waals surface area contributed by atoms with Crippen molar-refractivity contribution in [2.45, 2.75) is 31.2 Å². The van der Waals surface area contributed by atoms with Crippen molar-refractivity contribution >= 4 is 11.6 Å². The van der Waals surface area contributed by atoms with E-state index >= 15 is 0 Å². The first-order chi connectivity index (χ1) is 8.38. The number of rotatable bonds is 1. The van der Waals surface area contributed by atoms with E-state index < -0.39 is 23.9 Å². The molecule has 2 unspecified atom stereocenters. The first-order valence-corrected chi connectivity index (χ1v) is 5.92. The van der Waals surface area contributed by atoms with Crippen LogP contribution >= 0.6 is 11.6 Å². The molecule has 0 radical (unpaired) electrons. The maximum absolute atomic E-state index is 12.5. The van der Waals surface area contributed by atoms with Gasteiger partial charge in [-0.05, 0) is 24.1 Å². The summed E-state index contributed by atoms with van der Waals surface area (Å²) in [5.41, 5.74) is -0.295. The molecule has 1 aromatic carbocycles. The molecule has 6 heteroatoms. The monoisotopic (exact) mass is 280 g/mol. The minimum Gasteiger partial charge on any atom is -0.393 e. The summed E-state index contributed by atoms with van der Waals surface area (Å²) in [7, 11) is 0. The van der Waals surface area contributed by atoms with Gasteiger partial charge in [0.2, 0.25) is 0 Å². The Labute approximate surface area is 107 Å². The van der Waals surface area contributed by atoms with Crippen molar-refractivity contribution in [3.05, 3.63) is 34.3 Å². The molecule has 1 aliphatic heterocycles. The predicted octanol–water partition coefficient (Wildman–Crippen LogP) is 3.57. The van der Waals surface area contributed by atoms with Gasteiger partial charge in [0.15, 0.2) is 0 Å². The Hall–Kier alpha value is -0.780. The maximum Gasteiger partial charge on any atom is 0.416 e. The second-order valence-corrected chi connectivity index (χ2v) is 4.68. The smallest absolute Gasteiger partial charge is 0.393 e. The van der Waals surface area contributed by atoms with Crippen LogP contribution in [0.5, 0.6) is 0 Å². The highest BCUT2D eigenvalue weighted by Gasteiger charge is 2.32. The molecule has 0 aromatic heterocycles. The number of ether oxygens (including phenoxy) is 1. The lowest BCUT2D eigenvalue weighted by Gasteiger charge is -2.27. The topological polar surface area (TPSA) is 29.5 Å². The van der Waals surface area contributed by atoms with Crippen LogP contribution in [-0.4, -0.2) is 17.8 Å². The zero-order chi connectivity index (χ0) is 13.3. The van der Waals surface area contributed by atoms with Gasteiger partial charge in [-0.25, -0.2) is 0 Å². The summed E-state index contributed by atoms with van der Waals surface area (Å²) in [6.07, 6.45) is -4.46. The van der Waals surface area contributed by atoms with Gasteiger partial charge in [-0.2, -0.15) is 13.2 Å². The Morgan fingerprint density at radius 2 is 2.06 bits per heavy atom. The molecule has 0 spiro atoms.